The molecule has 0 saturated carbocycles. The molecular formula is C25H23N2O2+. The Labute approximate surface area is 170 Å². The van der Waals surface area contributed by atoms with E-state index in [4.69, 9.17) is 4.74 Å². The van der Waals surface area contributed by atoms with Crippen molar-refractivity contribution in [1.82, 2.24) is 0 Å². The van der Waals surface area contributed by atoms with E-state index in [1.165, 1.54) is 11.1 Å². The molecule has 1 amide bonds. The Morgan fingerprint density at radius 1 is 0.931 bits per heavy atom. The van der Waals surface area contributed by atoms with Crippen molar-refractivity contribution in [1.29, 1.82) is 0 Å². The molecule has 0 fully saturated rings. The highest BCUT2D eigenvalue weighted by Crippen LogP contribution is 2.22. The number of carbonyl (C=O) groups is 1. The number of benzene rings is 3. The van der Waals surface area contributed by atoms with Gasteiger partial charge in [-0.05, 0) is 37.3 Å². The molecule has 0 bridgehead atoms. The number of carbonyl (C=O) groups excluding carboxylic acids is 1. The number of ether oxygens (including phenoxy) is 1. The van der Waals surface area contributed by atoms with Crippen LogP contribution in [0.2, 0.25) is 0 Å². The second-order valence-electron chi connectivity index (χ2n) is 7.04. The Bertz CT molecular complexity index is 1150. The minimum atomic E-state index is -0.144. The molecule has 0 atom stereocenters. The third kappa shape index (κ3) is 4.11. The zero-order valence-corrected chi connectivity index (χ0v) is 16.6. The van der Waals surface area contributed by atoms with Gasteiger partial charge < -0.3 is 10.1 Å². The molecule has 4 aromatic rings. The fourth-order valence-electron chi connectivity index (χ4n) is 3.36. The third-order valence-corrected chi connectivity index (χ3v) is 5.00. The van der Waals surface area contributed by atoms with E-state index in [0.29, 0.717) is 5.56 Å². The number of pyridine rings is 1. The van der Waals surface area contributed by atoms with E-state index in [0.717, 1.165) is 28.9 Å². The smallest absolute Gasteiger partial charge is 0.255 e. The maximum Gasteiger partial charge on any atom is 0.255 e. The Kier molecular flexibility index (Phi) is 5.25. The average Bonchev–Trinajstić information content (AvgIpc) is 2.77. The lowest BCUT2D eigenvalue weighted by Crippen LogP contribution is -2.35. The van der Waals surface area contributed by atoms with Crippen LogP contribution >= 0.6 is 0 Å². The van der Waals surface area contributed by atoms with Crippen LogP contribution in [0.3, 0.4) is 0 Å². The molecule has 144 valence electrons. The van der Waals surface area contributed by atoms with Crippen LogP contribution in [0.25, 0.3) is 10.9 Å². The normalized spacial score (nSPS) is 10.7. The molecule has 29 heavy (non-hydrogen) atoms. The summed E-state index contributed by atoms with van der Waals surface area (Å²) in [5.74, 6) is 0.581. The van der Waals surface area contributed by atoms with E-state index < -0.39 is 0 Å². The van der Waals surface area contributed by atoms with Crippen molar-refractivity contribution in [2.75, 3.05) is 12.4 Å². The van der Waals surface area contributed by atoms with Crippen LogP contribution in [-0.4, -0.2) is 13.0 Å². The number of rotatable bonds is 5. The fourth-order valence-corrected chi connectivity index (χ4v) is 3.36. The summed E-state index contributed by atoms with van der Waals surface area (Å²) in [5.41, 5.74) is 4.94. The number of anilines is 1. The van der Waals surface area contributed by atoms with Crippen LogP contribution in [0.5, 0.6) is 5.75 Å². The van der Waals surface area contributed by atoms with Crippen molar-refractivity contribution in [2.24, 2.45) is 0 Å². The lowest BCUT2D eigenvalue weighted by atomic mass is 10.1. The van der Waals surface area contributed by atoms with E-state index in [2.05, 4.69) is 47.1 Å². The summed E-state index contributed by atoms with van der Waals surface area (Å²) in [6, 6.07) is 25.7. The lowest BCUT2D eigenvalue weighted by molar-refractivity contribution is -0.662. The highest BCUT2D eigenvalue weighted by molar-refractivity contribution is 6.08. The molecule has 3 aromatic carbocycles. The van der Waals surface area contributed by atoms with Gasteiger partial charge in [0.05, 0.1) is 18.2 Å². The summed E-state index contributed by atoms with van der Waals surface area (Å²) in [5, 5.41) is 4.05. The molecule has 0 unspecified atom stereocenters. The van der Waals surface area contributed by atoms with E-state index >= 15 is 0 Å². The zero-order chi connectivity index (χ0) is 20.2. The van der Waals surface area contributed by atoms with Gasteiger partial charge in [0, 0.05) is 23.3 Å². The second-order valence-corrected chi connectivity index (χ2v) is 7.04. The van der Waals surface area contributed by atoms with Crippen molar-refractivity contribution in [2.45, 2.75) is 13.5 Å². The van der Waals surface area contributed by atoms with Crippen LogP contribution in [0, 0.1) is 6.92 Å². The van der Waals surface area contributed by atoms with Gasteiger partial charge in [-0.1, -0.05) is 42.0 Å². The standard InChI is InChI=1S/C25H22N2O2/c1-18-7-9-19(10-8-18)17-27-16-15-23(22-5-3-4-6-24(22)27)26-25(28)20-11-13-21(29-2)14-12-20/h3-16H,17H2,1-2H3/p+1. The van der Waals surface area contributed by atoms with Gasteiger partial charge in [0.1, 0.15) is 5.75 Å². The number of aromatic nitrogens is 1. The van der Waals surface area contributed by atoms with Crippen LogP contribution in [0.15, 0.2) is 85.1 Å². The summed E-state index contributed by atoms with van der Waals surface area (Å²) < 4.78 is 7.36. The SMILES string of the molecule is COc1ccc(C(=O)Nc2cc[n+](Cc3ccc(C)cc3)c3ccccc23)cc1. The highest BCUT2D eigenvalue weighted by Gasteiger charge is 2.15. The van der Waals surface area contributed by atoms with E-state index in [1.807, 2.05) is 30.5 Å². The molecule has 0 spiro atoms. The van der Waals surface area contributed by atoms with Crippen LogP contribution in [-0.2, 0) is 6.54 Å². The van der Waals surface area contributed by atoms with E-state index in [1.54, 1.807) is 31.4 Å². The van der Waals surface area contributed by atoms with E-state index in [-0.39, 0.29) is 5.91 Å². The molecule has 0 saturated heterocycles. The molecule has 0 radical (unpaired) electrons. The Hall–Kier alpha value is -3.66. The lowest BCUT2D eigenvalue weighted by Gasteiger charge is -2.09. The Balaban J connectivity index is 1.63. The zero-order valence-electron chi connectivity index (χ0n) is 16.6. The molecule has 0 aliphatic carbocycles. The van der Waals surface area contributed by atoms with Crippen LogP contribution in [0.1, 0.15) is 21.5 Å². The van der Waals surface area contributed by atoms with Crippen LogP contribution < -0.4 is 14.6 Å². The van der Waals surface area contributed by atoms with Crippen molar-refractivity contribution < 1.29 is 14.1 Å². The molecule has 4 nitrogen and oxygen atoms in total. The number of methoxy groups -OCH3 is 1. The van der Waals surface area contributed by atoms with Crippen molar-refractivity contribution >= 4 is 22.5 Å². The minimum Gasteiger partial charge on any atom is -0.497 e. The quantitative estimate of drug-likeness (QED) is 0.506. The number of fused-ring (bicyclic) bond motifs is 1. The average molecular weight is 383 g/mol. The maximum absolute atomic E-state index is 12.7. The predicted octanol–water partition coefficient (Wildman–Crippen LogP) is 4.74. The first kappa shape index (κ1) is 18.7. The Morgan fingerprint density at radius 2 is 1.66 bits per heavy atom. The van der Waals surface area contributed by atoms with Gasteiger partial charge in [0.2, 0.25) is 5.52 Å². The van der Waals surface area contributed by atoms with Crippen molar-refractivity contribution in [3.8, 4) is 5.75 Å². The number of aryl methyl sites for hydroxylation is 1. The fraction of sp³-hybridized carbons (Fsp3) is 0.120. The van der Waals surface area contributed by atoms with Crippen LogP contribution in [0.4, 0.5) is 5.69 Å². The number of hydrogen-bond acceptors (Lipinski definition) is 2. The summed E-state index contributed by atoms with van der Waals surface area (Å²) in [6.07, 6.45) is 2.02. The monoisotopic (exact) mass is 383 g/mol. The summed E-state index contributed by atoms with van der Waals surface area (Å²) in [7, 11) is 1.61. The van der Waals surface area contributed by atoms with E-state index in [9.17, 15) is 4.79 Å². The largest absolute Gasteiger partial charge is 0.497 e. The number of para-hydroxylation sites is 1. The molecule has 0 aliphatic heterocycles. The van der Waals surface area contributed by atoms with Gasteiger partial charge in [-0.15, -0.1) is 0 Å². The molecule has 1 heterocycles. The van der Waals surface area contributed by atoms with Crippen molar-refractivity contribution in [3.63, 3.8) is 0 Å². The van der Waals surface area contributed by atoms with Gasteiger partial charge in [-0.25, -0.2) is 0 Å². The number of nitrogens with zero attached hydrogens (tertiary/aromatic N) is 1. The highest BCUT2D eigenvalue weighted by atomic mass is 16.5. The van der Waals surface area contributed by atoms with Gasteiger partial charge in [0.25, 0.3) is 5.91 Å². The van der Waals surface area contributed by atoms with Gasteiger partial charge >= 0.3 is 0 Å². The molecule has 0 aliphatic rings. The molecule has 1 aromatic heterocycles. The van der Waals surface area contributed by atoms with Crippen molar-refractivity contribution in [3.05, 3.63) is 102 Å². The second kappa shape index (κ2) is 8.15. The first-order valence-electron chi connectivity index (χ1n) is 9.56. The number of hydrogen-bond donors (Lipinski definition) is 1. The molecule has 4 rings (SSSR count). The topological polar surface area (TPSA) is 42.2 Å². The van der Waals surface area contributed by atoms with Gasteiger partial charge in [0.15, 0.2) is 12.7 Å². The summed E-state index contributed by atoms with van der Waals surface area (Å²) in [6.45, 7) is 2.86. The first-order valence-corrected chi connectivity index (χ1v) is 9.56. The summed E-state index contributed by atoms with van der Waals surface area (Å²) in [4.78, 5) is 12.7. The number of amides is 1. The van der Waals surface area contributed by atoms with Gasteiger partial charge in [-0.2, -0.15) is 4.57 Å². The maximum atomic E-state index is 12.7. The molecule has 4 heteroatoms. The number of nitrogens with one attached hydrogen (secondary N) is 1. The third-order valence-electron chi connectivity index (χ3n) is 5.00. The van der Waals surface area contributed by atoms with Gasteiger partial charge in [-0.3, -0.25) is 4.79 Å². The minimum absolute atomic E-state index is 0.144. The summed E-state index contributed by atoms with van der Waals surface area (Å²) >= 11 is 0. The first-order chi connectivity index (χ1) is 14.1. The molecule has 1 N–H and O–H groups in total. The Morgan fingerprint density at radius 3 is 2.38 bits per heavy atom. The molecular weight excluding hydrogens is 360 g/mol. The predicted molar refractivity (Wildman–Crippen MR) is 115 cm³/mol.